The van der Waals surface area contributed by atoms with Crippen molar-refractivity contribution in [2.45, 2.75) is 30.9 Å². The van der Waals surface area contributed by atoms with Gasteiger partial charge in [-0.1, -0.05) is 41.9 Å². The molecule has 9 nitrogen and oxygen atoms in total. The highest BCUT2D eigenvalue weighted by Crippen LogP contribution is 2.37. The minimum Gasteiger partial charge on any atom is -0.491 e. The zero-order chi connectivity index (χ0) is 32.5. The third kappa shape index (κ3) is 10.3. The van der Waals surface area contributed by atoms with Crippen molar-refractivity contribution in [3.63, 3.8) is 0 Å². The van der Waals surface area contributed by atoms with Crippen molar-refractivity contribution in [1.82, 2.24) is 5.32 Å². The zero-order valence-corrected chi connectivity index (χ0v) is 23.3. The van der Waals surface area contributed by atoms with Crippen molar-refractivity contribution < 1.29 is 55.7 Å². The highest BCUT2D eigenvalue weighted by molar-refractivity contribution is 6.31. The van der Waals surface area contributed by atoms with Gasteiger partial charge in [-0.15, -0.1) is 5.06 Å². The van der Waals surface area contributed by atoms with Crippen molar-refractivity contribution in [2.75, 3.05) is 30.1 Å². The maximum atomic E-state index is 13.3. The third-order valence-corrected chi connectivity index (χ3v) is 6.14. The molecule has 238 valence electrons. The summed E-state index contributed by atoms with van der Waals surface area (Å²) >= 11 is 5.54. The van der Waals surface area contributed by atoms with Gasteiger partial charge in [0.15, 0.2) is 0 Å². The average molecular weight is 650 g/mol. The van der Waals surface area contributed by atoms with Crippen LogP contribution < -0.4 is 20.4 Å². The van der Waals surface area contributed by atoms with Crippen LogP contribution in [0.3, 0.4) is 0 Å². The Balaban J connectivity index is 1.65. The number of carbonyl (C=O) groups excluding carboxylic acids is 2. The molecule has 16 heteroatoms. The van der Waals surface area contributed by atoms with Gasteiger partial charge in [0.1, 0.15) is 18.5 Å². The minimum absolute atomic E-state index is 0.00634. The lowest BCUT2D eigenvalue weighted by Crippen LogP contribution is -2.41. The van der Waals surface area contributed by atoms with Gasteiger partial charge in [0.25, 0.3) is 0 Å². The van der Waals surface area contributed by atoms with E-state index in [0.717, 1.165) is 6.07 Å². The highest BCUT2D eigenvalue weighted by atomic mass is 35.5. The first-order chi connectivity index (χ1) is 20.7. The van der Waals surface area contributed by atoms with Gasteiger partial charge in [-0.05, 0) is 54.4 Å². The fourth-order valence-corrected chi connectivity index (χ4v) is 3.88. The molecule has 3 aromatic rings. The summed E-state index contributed by atoms with van der Waals surface area (Å²) in [5.41, 5.74) is -1.72. The lowest BCUT2D eigenvalue weighted by molar-refractivity contribution is -0.199. The second kappa shape index (κ2) is 15.1. The van der Waals surface area contributed by atoms with E-state index in [1.54, 1.807) is 24.3 Å². The number of anilines is 2. The fraction of sp³-hybridized carbons (Fsp3) is 0.286. The molecule has 0 heterocycles. The van der Waals surface area contributed by atoms with E-state index >= 15 is 0 Å². The number of halogens is 7. The number of nitrogens with zero attached hydrogens (tertiary/aromatic N) is 1. The van der Waals surface area contributed by atoms with Crippen molar-refractivity contribution in [1.29, 1.82) is 0 Å². The molecule has 0 radical (unpaired) electrons. The van der Waals surface area contributed by atoms with E-state index in [1.165, 1.54) is 24.3 Å². The second-order valence-corrected chi connectivity index (χ2v) is 9.64. The molecule has 2 atom stereocenters. The standard InChI is InChI=1S/C28H26ClF6N3O6/c29-24-11-10-20(13-23(24)27(30,31)32)38(44-25(41)28(33,34)35)26(42)37-18-8-6-17(7-9-18)12-19(15-39)36-14-21(40)16-43-22-4-2-1-3-5-22/h1-11,13,19,21,36,39-40H,12,14-16H2,(H,37,42)/t19-,21-/m0/s1. The Morgan fingerprint density at radius 1 is 0.955 bits per heavy atom. The van der Waals surface area contributed by atoms with Crippen LogP contribution in [0.2, 0.25) is 5.02 Å². The van der Waals surface area contributed by atoms with E-state index < -0.39 is 52.8 Å². The molecule has 4 N–H and O–H groups in total. The van der Waals surface area contributed by atoms with Crippen molar-refractivity contribution >= 4 is 35.0 Å². The summed E-state index contributed by atoms with van der Waals surface area (Å²) in [6.07, 6.45) is -11.2. The van der Waals surface area contributed by atoms with Crippen LogP contribution >= 0.6 is 11.6 Å². The van der Waals surface area contributed by atoms with Crippen LogP contribution in [0.25, 0.3) is 0 Å². The number of hydrogen-bond acceptors (Lipinski definition) is 7. The Bertz CT molecular complexity index is 1390. The number of para-hydroxylation sites is 1. The highest BCUT2D eigenvalue weighted by Gasteiger charge is 2.44. The van der Waals surface area contributed by atoms with Crippen LogP contribution in [0, 0.1) is 0 Å². The first-order valence-electron chi connectivity index (χ1n) is 12.7. The molecule has 0 aliphatic carbocycles. The maximum Gasteiger partial charge on any atom is 0.493 e. The molecule has 2 amide bonds. The van der Waals surface area contributed by atoms with Crippen molar-refractivity contribution in [3.8, 4) is 5.75 Å². The number of urea groups is 1. The number of amides is 2. The second-order valence-electron chi connectivity index (χ2n) is 9.23. The van der Waals surface area contributed by atoms with Crippen LogP contribution in [-0.2, 0) is 22.2 Å². The lowest BCUT2D eigenvalue weighted by Gasteiger charge is -2.23. The third-order valence-electron chi connectivity index (χ3n) is 5.82. The number of aliphatic hydroxyl groups excluding tert-OH is 2. The molecule has 0 saturated carbocycles. The van der Waals surface area contributed by atoms with Gasteiger partial charge >= 0.3 is 24.4 Å². The number of aliphatic hydroxyl groups is 2. The molecular formula is C28H26ClF6N3O6. The fourth-order valence-electron chi connectivity index (χ4n) is 3.66. The first kappa shape index (κ1) is 34.4. The van der Waals surface area contributed by atoms with Gasteiger partial charge in [0, 0.05) is 18.3 Å². The van der Waals surface area contributed by atoms with E-state index in [-0.39, 0.29) is 43.0 Å². The van der Waals surface area contributed by atoms with E-state index in [2.05, 4.69) is 15.5 Å². The summed E-state index contributed by atoms with van der Waals surface area (Å²) in [5, 5.41) is 24.0. The Morgan fingerprint density at radius 2 is 1.61 bits per heavy atom. The van der Waals surface area contributed by atoms with Crippen molar-refractivity contribution in [2.24, 2.45) is 0 Å². The predicted molar refractivity (Wildman–Crippen MR) is 147 cm³/mol. The van der Waals surface area contributed by atoms with Crippen LogP contribution in [0.5, 0.6) is 5.75 Å². The predicted octanol–water partition coefficient (Wildman–Crippen LogP) is 5.35. The molecule has 0 aromatic heterocycles. The Hall–Kier alpha value is -4.05. The summed E-state index contributed by atoms with van der Waals surface area (Å²) in [6, 6.07) is 14.2. The van der Waals surface area contributed by atoms with E-state index in [0.29, 0.717) is 17.4 Å². The molecule has 44 heavy (non-hydrogen) atoms. The van der Waals surface area contributed by atoms with Crippen LogP contribution in [0.4, 0.5) is 42.5 Å². The SMILES string of the molecule is O=C(Nc1ccc(C[C@@H](CO)NC[C@H](O)COc2ccccc2)cc1)N(OC(=O)C(F)(F)F)c1ccc(Cl)c(C(F)(F)F)c1. The molecular weight excluding hydrogens is 624 g/mol. The van der Waals surface area contributed by atoms with E-state index in [4.69, 9.17) is 16.3 Å². The Labute approximate surface area is 251 Å². The number of alkyl halides is 6. The number of nitrogens with one attached hydrogen (secondary N) is 2. The summed E-state index contributed by atoms with van der Waals surface area (Å²) in [7, 11) is 0. The van der Waals surface area contributed by atoms with E-state index in [9.17, 15) is 46.1 Å². The van der Waals surface area contributed by atoms with E-state index in [1.807, 2.05) is 6.07 Å². The van der Waals surface area contributed by atoms with Crippen LogP contribution in [-0.4, -0.2) is 60.3 Å². The summed E-state index contributed by atoms with van der Waals surface area (Å²) < 4.78 is 84.0. The van der Waals surface area contributed by atoms with Gasteiger partial charge in [-0.2, -0.15) is 26.3 Å². The molecule has 3 aromatic carbocycles. The van der Waals surface area contributed by atoms with Gasteiger partial charge < -0.3 is 30.4 Å². The van der Waals surface area contributed by atoms with Gasteiger partial charge in [0.05, 0.1) is 22.9 Å². The number of hydroxylamine groups is 1. The topological polar surface area (TPSA) is 120 Å². The number of hydrogen-bond donors (Lipinski definition) is 4. The summed E-state index contributed by atoms with van der Waals surface area (Å²) in [4.78, 5) is 28.4. The quantitative estimate of drug-likeness (QED) is 0.163. The molecule has 0 spiro atoms. The molecule has 0 unspecified atom stereocenters. The zero-order valence-electron chi connectivity index (χ0n) is 22.5. The molecule has 3 rings (SSSR count). The monoisotopic (exact) mass is 649 g/mol. The normalized spacial score (nSPS) is 13.1. The van der Waals surface area contributed by atoms with Gasteiger partial charge in [-0.3, -0.25) is 0 Å². The van der Waals surface area contributed by atoms with Crippen molar-refractivity contribution in [3.05, 3.63) is 88.9 Å². The lowest BCUT2D eigenvalue weighted by atomic mass is 10.1. The van der Waals surface area contributed by atoms with Gasteiger partial charge in [-0.25, -0.2) is 9.59 Å². The maximum absolute atomic E-state index is 13.3. The molecule has 0 aliphatic heterocycles. The molecule has 0 fully saturated rings. The van der Waals surface area contributed by atoms with Gasteiger partial charge in [0.2, 0.25) is 0 Å². The summed E-state index contributed by atoms with van der Waals surface area (Å²) in [5.74, 6) is -2.27. The first-order valence-corrected chi connectivity index (χ1v) is 13.1. The van der Waals surface area contributed by atoms with Crippen LogP contribution in [0.1, 0.15) is 11.1 Å². The molecule has 0 aliphatic rings. The largest absolute Gasteiger partial charge is 0.493 e. The minimum atomic E-state index is -5.57. The number of carbonyl (C=O) groups is 2. The Kier molecular flexibility index (Phi) is 11.8. The molecule has 0 saturated heterocycles. The number of ether oxygens (including phenoxy) is 1. The smallest absolute Gasteiger partial charge is 0.491 e. The molecule has 0 bridgehead atoms. The average Bonchev–Trinajstić information content (AvgIpc) is 2.97. The number of rotatable bonds is 11. The van der Waals surface area contributed by atoms with Crippen LogP contribution in [0.15, 0.2) is 72.8 Å². The summed E-state index contributed by atoms with van der Waals surface area (Å²) in [6.45, 7) is -0.197. The number of benzene rings is 3. The Morgan fingerprint density at radius 3 is 2.20 bits per heavy atom.